The molecule has 57 heavy (non-hydrogen) atoms. The average molecular weight is 745 g/mol. The van der Waals surface area contributed by atoms with Gasteiger partial charge in [-0.1, -0.05) is 152 Å². The number of benzene rings is 9. The van der Waals surface area contributed by atoms with Crippen molar-refractivity contribution in [3.8, 4) is 39.1 Å². The predicted octanol–water partition coefficient (Wildman–Crippen LogP) is 15.6. The number of para-hydroxylation sites is 1. The molecule has 2 heterocycles. The van der Waals surface area contributed by atoms with Crippen molar-refractivity contribution >= 4 is 70.4 Å². The first kappa shape index (κ1) is 33.2. The maximum absolute atomic E-state index is 2.45. The molecule has 0 atom stereocenters. The third-order valence-corrected chi connectivity index (χ3v) is 12.4. The molecule has 2 nitrogen and oxygen atoms in total. The van der Waals surface area contributed by atoms with E-state index in [1.807, 2.05) is 11.3 Å². The van der Waals surface area contributed by atoms with Gasteiger partial charge in [0.05, 0.1) is 21.4 Å². The van der Waals surface area contributed by atoms with Gasteiger partial charge in [0.25, 0.3) is 0 Å². The second-order valence-corrected chi connectivity index (χ2v) is 15.6. The van der Waals surface area contributed by atoms with Gasteiger partial charge in [-0.05, 0) is 100 Å². The zero-order valence-electron chi connectivity index (χ0n) is 31.1. The Hall–Kier alpha value is -7.20. The van der Waals surface area contributed by atoms with Crippen LogP contribution >= 0.6 is 11.3 Å². The van der Waals surface area contributed by atoms with Gasteiger partial charge in [-0.25, -0.2) is 0 Å². The summed E-state index contributed by atoms with van der Waals surface area (Å²) in [6.45, 7) is 0. The average Bonchev–Trinajstić information content (AvgIpc) is 3.84. The molecule has 11 rings (SSSR count). The lowest BCUT2D eigenvalue weighted by Crippen LogP contribution is -2.10. The maximum atomic E-state index is 2.45. The van der Waals surface area contributed by atoms with E-state index in [0.29, 0.717) is 0 Å². The molecule has 0 saturated carbocycles. The van der Waals surface area contributed by atoms with Crippen molar-refractivity contribution in [2.24, 2.45) is 0 Å². The van der Waals surface area contributed by atoms with Crippen molar-refractivity contribution in [3.05, 3.63) is 218 Å². The van der Waals surface area contributed by atoms with Gasteiger partial charge in [-0.3, -0.25) is 0 Å². The summed E-state index contributed by atoms with van der Waals surface area (Å²) in [5, 5.41) is 5.07. The summed E-state index contributed by atoms with van der Waals surface area (Å²) in [5.41, 5.74) is 14.1. The van der Waals surface area contributed by atoms with Gasteiger partial charge < -0.3 is 9.47 Å². The van der Waals surface area contributed by atoms with Crippen LogP contribution < -0.4 is 4.90 Å². The highest BCUT2D eigenvalue weighted by atomic mass is 32.1. The largest absolute Gasteiger partial charge is 0.309 e. The normalized spacial score (nSPS) is 11.5. The molecule has 0 aliphatic carbocycles. The van der Waals surface area contributed by atoms with Gasteiger partial charge in [-0.15, -0.1) is 11.3 Å². The molecule has 0 N–H and O–H groups in total. The quantitative estimate of drug-likeness (QED) is 0.158. The number of anilines is 3. The molecule has 0 fully saturated rings. The van der Waals surface area contributed by atoms with Crippen LogP contribution in [0.2, 0.25) is 0 Å². The molecular formula is C54H36N2S. The lowest BCUT2D eigenvalue weighted by molar-refractivity contribution is 1.18. The second kappa shape index (κ2) is 13.8. The van der Waals surface area contributed by atoms with Gasteiger partial charge in [0.2, 0.25) is 0 Å². The van der Waals surface area contributed by atoms with Crippen LogP contribution in [0, 0.1) is 0 Å². The summed E-state index contributed by atoms with van der Waals surface area (Å²) in [5.74, 6) is 0. The highest BCUT2D eigenvalue weighted by molar-refractivity contribution is 7.26. The fraction of sp³-hybridized carbons (Fsp3) is 0. The Bertz CT molecular complexity index is 3230. The van der Waals surface area contributed by atoms with Crippen LogP contribution in [0.5, 0.6) is 0 Å². The van der Waals surface area contributed by atoms with Crippen molar-refractivity contribution in [2.75, 3.05) is 4.90 Å². The molecule has 0 amide bonds. The Morgan fingerprint density at radius 3 is 1.70 bits per heavy atom. The molecule has 0 aliphatic rings. The molecule has 0 radical (unpaired) electrons. The van der Waals surface area contributed by atoms with Crippen LogP contribution in [0.15, 0.2) is 218 Å². The van der Waals surface area contributed by atoms with Crippen molar-refractivity contribution in [1.29, 1.82) is 0 Å². The van der Waals surface area contributed by atoms with E-state index in [-0.39, 0.29) is 0 Å². The molecule has 11 aromatic rings. The van der Waals surface area contributed by atoms with Crippen LogP contribution in [0.25, 0.3) is 81.0 Å². The Morgan fingerprint density at radius 2 is 0.947 bits per heavy atom. The molecule has 0 aliphatic heterocycles. The smallest absolute Gasteiger partial charge is 0.0640 e. The first-order valence-corrected chi connectivity index (χ1v) is 20.2. The molecule has 0 unspecified atom stereocenters. The van der Waals surface area contributed by atoms with Crippen molar-refractivity contribution in [3.63, 3.8) is 0 Å². The summed E-state index contributed by atoms with van der Waals surface area (Å²) in [7, 11) is 0. The summed E-state index contributed by atoms with van der Waals surface area (Å²) in [6, 6.07) is 79.3. The minimum atomic E-state index is 1.11. The molecule has 2 aromatic heterocycles. The lowest BCUT2D eigenvalue weighted by Gasteiger charge is -2.27. The molecular weight excluding hydrogens is 709 g/mol. The summed E-state index contributed by atoms with van der Waals surface area (Å²) >= 11 is 1.87. The Balaban J connectivity index is 1.12. The third kappa shape index (κ3) is 5.71. The van der Waals surface area contributed by atoms with Gasteiger partial charge >= 0.3 is 0 Å². The van der Waals surface area contributed by atoms with Gasteiger partial charge in [0, 0.05) is 43.3 Å². The summed E-state index contributed by atoms with van der Waals surface area (Å²) < 4.78 is 4.98. The standard InChI is InChI=1S/C54H36N2S/c1-4-16-37(17-5-1)39-20-12-24-43(34-39)55(51-30-15-28-47-46-26-10-11-31-52(46)57-54(47)51)44-25-13-21-40(35-44)41-32-33-49-48(36-41)53-45(38-18-6-2-7-19-38)27-14-29-50(53)56(49)42-22-8-3-9-23-42/h1-36H. The van der Waals surface area contributed by atoms with Gasteiger partial charge in [0.1, 0.15) is 0 Å². The van der Waals surface area contributed by atoms with Crippen LogP contribution in [0.1, 0.15) is 0 Å². The molecule has 268 valence electrons. The zero-order chi connectivity index (χ0) is 37.7. The fourth-order valence-corrected chi connectivity index (χ4v) is 9.79. The maximum Gasteiger partial charge on any atom is 0.0640 e. The van der Waals surface area contributed by atoms with E-state index in [9.17, 15) is 0 Å². The Labute approximate surface area is 335 Å². The van der Waals surface area contributed by atoms with Gasteiger partial charge in [-0.2, -0.15) is 0 Å². The van der Waals surface area contributed by atoms with E-state index in [1.165, 1.54) is 81.0 Å². The van der Waals surface area contributed by atoms with Crippen molar-refractivity contribution < 1.29 is 0 Å². The number of aromatic nitrogens is 1. The SMILES string of the molecule is c1ccc(-c2cccc(N(c3cccc(-c4ccc5c(c4)c4c(-c6ccccc6)cccc4n5-c4ccccc4)c3)c3cccc4c3sc3ccccc34)c2)cc1. The molecule has 9 aromatic carbocycles. The van der Waals surface area contributed by atoms with E-state index in [1.54, 1.807) is 0 Å². The first-order chi connectivity index (χ1) is 28.3. The number of thiophene rings is 1. The van der Waals surface area contributed by atoms with Crippen molar-refractivity contribution in [1.82, 2.24) is 4.57 Å². The van der Waals surface area contributed by atoms with E-state index in [2.05, 4.69) is 228 Å². The Kier molecular flexibility index (Phi) is 8.04. The second-order valence-electron chi connectivity index (χ2n) is 14.5. The molecule has 0 saturated heterocycles. The van der Waals surface area contributed by atoms with E-state index in [4.69, 9.17) is 0 Å². The number of hydrogen-bond acceptors (Lipinski definition) is 2. The van der Waals surface area contributed by atoms with E-state index in [0.717, 1.165) is 17.1 Å². The van der Waals surface area contributed by atoms with Crippen LogP contribution in [0.4, 0.5) is 17.1 Å². The zero-order valence-corrected chi connectivity index (χ0v) is 31.9. The predicted molar refractivity (Wildman–Crippen MR) is 245 cm³/mol. The monoisotopic (exact) mass is 744 g/mol. The highest BCUT2D eigenvalue weighted by Gasteiger charge is 2.21. The van der Waals surface area contributed by atoms with E-state index >= 15 is 0 Å². The van der Waals surface area contributed by atoms with E-state index < -0.39 is 0 Å². The molecule has 0 bridgehead atoms. The third-order valence-electron chi connectivity index (χ3n) is 11.2. The minimum absolute atomic E-state index is 1.11. The number of nitrogens with zero attached hydrogens (tertiary/aromatic N) is 2. The highest BCUT2D eigenvalue weighted by Crippen LogP contribution is 2.46. The number of fused-ring (bicyclic) bond motifs is 6. The minimum Gasteiger partial charge on any atom is -0.309 e. The summed E-state index contributed by atoms with van der Waals surface area (Å²) in [4.78, 5) is 2.45. The number of hydrogen-bond donors (Lipinski definition) is 0. The molecule has 3 heteroatoms. The lowest BCUT2D eigenvalue weighted by atomic mass is 9.97. The van der Waals surface area contributed by atoms with Crippen LogP contribution in [0.3, 0.4) is 0 Å². The van der Waals surface area contributed by atoms with Crippen molar-refractivity contribution in [2.45, 2.75) is 0 Å². The molecule has 0 spiro atoms. The fourth-order valence-electron chi connectivity index (χ4n) is 8.58. The Morgan fingerprint density at radius 1 is 0.368 bits per heavy atom. The number of rotatable bonds is 7. The topological polar surface area (TPSA) is 8.17 Å². The first-order valence-electron chi connectivity index (χ1n) is 19.4. The van der Waals surface area contributed by atoms with Gasteiger partial charge in [0.15, 0.2) is 0 Å². The van der Waals surface area contributed by atoms with Crippen LogP contribution in [-0.2, 0) is 0 Å². The summed E-state index contributed by atoms with van der Waals surface area (Å²) in [6.07, 6.45) is 0. The van der Waals surface area contributed by atoms with Crippen LogP contribution in [-0.4, -0.2) is 4.57 Å².